The van der Waals surface area contributed by atoms with E-state index >= 15 is 0 Å². The standard InChI is InChI=1S/C16H14ClN3O2/c17-12-4-5-13(19-9-12)16(22)20-7-1-2-10-8-11(15(18)21)3-6-14(10)20/h3-6,8-9H,1-2,7H2,(H2,18,21). The van der Waals surface area contributed by atoms with E-state index in [1.807, 2.05) is 0 Å². The number of primary amides is 1. The molecule has 0 saturated heterocycles. The molecule has 112 valence electrons. The molecule has 0 spiro atoms. The molecular formula is C16H14ClN3O2. The fraction of sp³-hybridized carbons (Fsp3) is 0.188. The molecule has 5 nitrogen and oxygen atoms in total. The van der Waals surface area contributed by atoms with Gasteiger partial charge in [-0.05, 0) is 48.7 Å². The molecule has 2 N–H and O–H groups in total. The first-order chi connectivity index (χ1) is 10.6. The maximum Gasteiger partial charge on any atom is 0.276 e. The Kier molecular flexibility index (Phi) is 3.81. The zero-order valence-corrected chi connectivity index (χ0v) is 12.5. The van der Waals surface area contributed by atoms with Crippen LogP contribution >= 0.6 is 11.6 Å². The number of aromatic nitrogens is 1. The van der Waals surface area contributed by atoms with Crippen LogP contribution in [0.4, 0.5) is 5.69 Å². The number of hydrogen-bond acceptors (Lipinski definition) is 3. The van der Waals surface area contributed by atoms with Crippen molar-refractivity contribution < 1.29 is 9.59 Å². The fourth-order valence-corrected chi connectivity index (χ4v) is 2.71. The molecule has 2 aromatic rings. The molecule has 1 aromatic carbocycles. The van der Waals surface area contributed by atoms with E-state index in [1.54, 1.807) is 35.2 Å². The average Bonchev–Trinajstić information content (AvgIpc) is 2.53. The summed E-state index contributed by atoms with van der Waals surface area (Å²) >= 11 is 5.80. The lowest BCUT2D eigenvalue weighted by Crippen LogP contribution is -2.36. The largest absolute Gasteiger partial charge is 0.366 e. The number of anilines is 1. The highest BCUT2D eigenvalue weighted by Gasteiger charge is 2.24. The van der Waals surface area contributed by atoms with Crippen LogP contribution < -0.4 is 10.6 Å². The lowest BCUT2D eigenvalue weighted by Gasteiger charge is -2.29. The second-order valence-corrected chi connectivity index (χ2v) is 5.57. The number of benzene rings is 1. The van der Waals surface area contributed by atoms with Crippen LogP contribution in [0.5, 0.6) is 0 Å². The van der Waals surface area contributed by atoms with Gasteiger partial charge in [-0.15, -0.1) is 0 Å². The summed E-state index contributed by atoms with van der Waals surface area (Å²) in [5.74, 6) is -0.643. The van der Waals surface area contributed by atoms with E-state index in [0.717, 1.165) is 24.1 Å². The van der Waals surface area contributed by atoms with Crippen molar-refractivity contribution in [3.8, 4) is 0 Å². The number of fused-ring (bicyclic) bond motifs is 1. The summed E-state index contributed by atoms with van der Waals surface area (Å²) in [6.45, 7) is 0.617. The van der Waals surface area contributed by atoms with Crippen molar-refractivity contribution in [1.29, 1.82) is 0 Å². The van der Waals surface area contributed by atoms with Gasteiger partial charge in [0, 0.05) is 24.0 Å². The molecule has 1 aliphatic rings. The van der Waals surface area contributed by atoms with Gasteiger partial charge in [-0.25, -0.2) is 4.98 Å². The summed E-state index contributed by atoms with van der Waals surface area (Å²) in [6, 6.07) is 8.41. The number of nitrogens with zero attached hydrogens (tertiary/aromatic N) is 2. The summed E-state index contributed by atoms with van der Waals surface area (Å²) in [5, 5.41) is 0.488. The smallest absolute Gasteiger partial charge is 0.276 e. The molecule has 0 unspecified atom stereocenters. The molecule has 0 aliphatic carbocycles. The fourth-order valence-electron chi connectivity index (χ4n) is 2.60. The molecule has 6 heteroatoms. The van der Waals surface area contributed by atoms with Crippen molar-refractivity contribution in [2.75, 3.05) is 11.4 Å². The third-order valence-corrected chi connectivity index (χ3v) is 3.90. The Morgan fingerprint density at radius 2 is 2.05 bits per heavy atom. The first-order valence-electron chi connectivity index (χ1n) is 6.92. The van der Waals surface area contributed by atoms with E-state index < -0.39 is 5.91 Å². The summed E-state index contributed by atoms with van der Waals surface area (Å²) in [7, 11) is 0. The summed E-state index contributed by atoms with van der Waals surface area (Å²) in [4.78, 5) is 29.7. The second kappa shape index (κ2) is 5.77. The minimum absolute atomic E-state index is 0.176. The third kappa shape index (κ3) is 2.67. The molecule has 0 radical (unpaired) electrons. The van der Waals surface area contributed by atoms with Crippen LogP contribution in [-0.2, 0) is 6.42 Å². The molecule has 3 rings (SSSR count). The Bertz CT molecular complexity index is 744. The van der Waals surface area contributed by atoms with Crippen molar-refractivity contribution in [2.24, 2.45) is 5.73 Å². The van der Waals surface area contributed by atoms with Crippen molar-refractivity contribution in [2.45, 2.75) is 12.8 Å². The van der Waals surface area contributed by atoms with Crippen LogP contribution in [0.3, 0.4) is 0 Å². The van der Waals surface area contributed by atoms with Gasteiger partial charge in [0.05, 0.1) is 5.02 Å². The van der Waals surface area contributed by atoms with Gasteiger partial charge < -0.3 is 10.6 Å². The SMILES string of the molecule is NC(=O)c1ccc2c(c1)CCCN2C(=O)c1ccc(Cl)cn1. The van der Waals surface area contributed by atoms with Gasteiger partial charge in [0.1, 0.15) is 5.69 Å². The quantitative estimate of drug-likeness (QED) is 0.924. The Balaban J connectivity index is 1.96. The monoisotopic (exact) mass is 315 g/mol. The second-order valence-electron chi connectivity index (χ2n) is 5.13. The molecule has 2 amide bonds. The molecular weight excluding hydrogens is 302 g/mol. The van der Waals surface area contributed by atoms with Crippen LogP contribution in [0.2, 0.25) is 5.02 Å². The first kappa shape index (κ1) is 14.5. The molecule has 0 fully saturated rings. The number of halogens is 1. The number of rotatable bonds is 2. The summed E-state index contributed by atoms with van der Waals surface area (Å²) in [6.07, 6.45) is 3.10. The molecule has 0 saturated carbocycles. The molecule has 2 heterocycles. The average molecular weight is 316 g/mol. The van der Waals surface area contributed by atoms with Gasteiger partial charge in [0.2, 0.25) is 5.91 Å². The highest BCUT2D eigenvalue weighted by molar-refractivity contribution is 6.30. The van der Waals surface area contributed by atoms with Gasteiger partial charge in [0.15, 0.2) is 0 Å². The minimum Gasteiger partial charge on any atom is -0.366 e. The van der Waals surface area contributed by atoms with Crippen LogP contribution in [0.15, 0.2) is 36.5 Å². The van der Waals surface area contributed by atoms with Crippen LogP contribution in [-0.4, -0.2) is 23.3 Å². The number of hydrogen-bond donors (Lipinski definition) is 1. The van der Waals surface area contributed by atoms with Gasteiger partial charge in [-0.3, -0.25) is 9.59 Å². The van der Waals surface area contributed by atoms with Gasteiger partial charge >= 0.3 is 0 Å². The molecule has 22 heavy (non-hydrogen) atoms. The van der Waals surface area contributed by atoms with Gasteiger partial charge in [0.25, 0.3) is 5.91 Å². The van der Waals surface area contributed by atoms with Crippen molar-refractivity contribution in [3.05, 3.63) is 58.4 Å². The molecule has 1 aliphatic heterocycles. The summed E-state index contributed by atoms with van der Waals surface area (Å²) in [5.41, 5.74) is 7.86. The normalized spacial score (nSPS) is 13.6. The van der Waals surface area contributed by atoms with Gasteiger partial charge in [-0.1, -0.05) is 11.6 Å². The Labute approximate surface area is 132 Å². The Morgan fingerprint density at radius 3 is 2.73 bits per heavy atom. The third-order valence-electron chi connectivity index (χ3n) is 3.67. The lowest BCUT2D eigenvalue weighted by molar-refractivity contribution is 0.0978. The zero-order valence-electron chi connectivity index (χ0n) is 11.8. The van der Waals surface area contributed by atoms with Crippen molar-refractivity contribution >= 4 is 29.1 Å². The lowest BCUT2D eigenvalue weighted by atomic mass is 9.98. The van der Waals surface area contributed by atoms with Crippen LogP contribution in [0, 0.1) is 0 Å². The number of nitrogens with two attached hydrogens (primary N) is 1. The Hall–Kier alpha value is -2.40. The topological polar surface area (TPSA) is 76.3 Å². The zero-order chi connectivity index (χ0) is 15.7. The van der Waals surface area contributed by atoms with E-state index in [9.17, 15) is 9.59 Å². The maximum absolute atomic E-state index is 12.6. The van der Waals surface area contributed by atoms with E-state index in [0.29, 0.717) is 22.8 Å². The number of amides is 2. The summed E-state index contributed by atoms with van der Waals surface area (Å²) < 4.78 is 0. The van der Waals surface area contributed by atoms with E-state index in [-0.39, 0.29) is 5.91 Å². The van der Waals surface area contributed by atoms with Crippen LogP contribution in [0.25, 0.3) is 0 Å². The number of carbonyl (C=O) groups excluding carboxylic acids is 2. The highest BCUT2D eigenvalue weighted by atomic mass is 35.5. The molecule has 0 bridgehead atoms. The predicted octanol–water partition coefficient (Wildman–Crippen LogP) is 2.43. The van der Waals surface area contributed by atoms with Crippen molar-refractivity contribution in [3.63, 3.8) is 0 Å². The van der Waals surface area contributed by atoms with E-state index in [2.05, 4.69) is 4.98 Å². The van der Waals surface area contributed by atoms with E-state index in [4.69, 9.17) is 17.3 Å². The Morgan fingerprint density at radius 1 is 1.23 bits per heavy atom. The van der Waals surface area contributed by atoms with Crippen LogP contribution in [0.1, 0.15) is 32.8 Å². The number of pyridine rings is 1. The highest BCUT2D eigenvalue weighted by Crippen LogP contribution is 2.29. The maximum atomic E-state index is 12.6. The molecule has 1 aromatic heterocycles. The minimum atomic E-state index is -0.467. The van der Waals surface area contributed by atoms with E-state index in [1.165, 1.54) is 6.20 Å². The van der Waals surface area contributed by atoms with Crippen molar-refractivity contribution in [1.82, 2.24) is 4.98 Å². The number of aryl methyl sites for hydroxylation is 1. The van der Waals surface area contributed by atoms with Gasteiger partial charge in [-0.2, -0.15) is 0 Å². The predicted molar refractivity (Wildman–Crippen MR) is 84.2 cm³/mol. The first-order valence-corrected chi connectivity index (χ1v) is 7.30. The molecule has 0 atom stereocenters. The number of carbonyl (C=O) groups is 2.